The van der Waals surface area contributed by atoms with E-state index in [9.17, 15) is 23.9 Å². The monoisotopic (exact) mass is 347 g/mol. The van der Waals surface area contributed by atoms with Crippen molar-refractivity contribution in [2.45, 2.75) is 13.5 Å². The minimum Gasteiger partial charge on any atom is -0.477 e. The molecule has 1 saturated heterocycles. The standard InChI is InChI=1S/C17H18FN3O4/c1-2-20-9-12(17(24)25)16(23)11-7-13(18)15(8-14(11)20)21-5-3-19(10-22)4-6-21/h7-10H,2-6H2,1H3,(H,24,25). The van der Waals surface area contributed by atoms with Crippen LogP contribution in [0.1, 0.15) is 17.3 Å². The van der Waals surface area contributed by atoms with E-state index in [0.717, 1.165) is 12.5 Å². The molecule has 0 bridgehead atoms. The number of aromatic nitrogens is 1. The predicted molar refractivity (Wildman–Crippen MR) is 90.6 cm³/mol. The van der Waals surface area contributed by atoms with Gasteiger partial charge in [0.05, 0.1) is 11.2 Å². The summed E-state index contributed by atoms with van der Waals surface area (Å²) in [5.74, 6) is -1.90. The molecule has 1 fully saturated rings. The number of hydrogen-bond acceptors (Lipinski definition) is 4. The van der Waals surface area contributed by atoms with E-state index in [0.29, 0.717) is 43.9 Å². The van der Waals surface area contributed by atoms with Crippen molar-refractivity contribution in [2.24, 2.45) is 0 Å². The molecule has 0 spiro atoms. The molecule has 0 atom stereocenters. The van der Waals surface area contributed by atoms with Crippen LogP contribution in [0, 0.1) is 5.82 Å². The number of anilines is 1. The van der Waals surface area contributed by atoms with Gasteiger partial charge in [-0.3, -0.25) is 9.59 Å². The minimum absolute atomic E-state index is 0.0505. The van der Waals surface area contributed by atoms with E-state index in [2.05, 4.69) is 0 Å². The number of hydrogen-bond donors (Lipinski definition) is 1. The van der Waals surface area contributed by atoms with Crippen molar-refractivity contribution in [1.29, 1.82) is 0 Å². The normalized spacial score (nSPS) is 14.8. The van der Waals surface area contributed by atoms with E-state index in [1.165, 1.54) is 6.20 Å². The molecule has 7 nitrogen and oxygen atoms in total. The van der Waals surface area contributed by atoms with Crippen LogP contribution in [0.5, 0.6) is 0 Å². The summed E-state index contributed by atoms with van der Waals surface area (Å²) in [4.78, 5) is 37.8. The number of halogens is 1. The first-order valence-corrected chi connectivity index (χ1v) is 8.00. The summed E-state index contributed by atoms with van der Waals surface area (Å²) in [7, 11) is 0. The maximum absolute atomic E-state index is 14.6. The highest BCUT2D eigenvalue weighted by Crippen LogP contribution is 2.26. The number of benzene rings is 1. The van der Waals surface area contributed by atoms with Gasteiger partial charge >= 0.3 is 5.97 Å². The fourth-order valence-corrected chi connectivity index (χ4v) is 3.12. The Morgan fingerprint density at radius 2 is 1.96 bits per heavy atom. The lowest BCUT2D eigenvalue weighted by atomic mass is 10.1. The first-order valence-electron chi connectivity index (χ1n) is 8.00. The van der Waals surface area contributed by atoms with Crippen LogP contribution in [0.3, 0.4) is 0 Å². The van der Waals surface area contributed by atoms with Crippen molar-refractivity contribution < 1.29 is 19.1 Å². The van der Waals surface area contributed by atoms with Gasteiger partial charge in [-0.15, -0.1) is 0 Å². The fourth-order valence-electron chi connectivity index (χ4n) is 3.12. The van der Waals surface area contributed by atoms with E-state index in [4.69, 9.17) is 0 Å². The molecule has 0 aliphatic carbocycles. The Balaban J connectivity index is 2.13. The lowest BCUT2D eigenvalue weighted by molar-refractivity contribution is -0.118. The van der Waals surface area contributed by atoms with Gasteiger partial charge in [-0.2, -0.15) is 0 Å². The van der Waals surface area contributed by atoms with E-state index in [1.54, 1.807) is 15.5 Å². The molecule has 0 saturated carbocycles. The zero-order valence-electron chi connectivity index (χ0n) is 13.7. The van der Waals surface area contributed by atoms with Gasteiger partial charge in [-0.1, -0.05) is 0 Å². The van der Waals surface area contributed by atoms with Crippen molar-refractivity contribution in [3.8, 4) is 0 Å². The number of carbonyl (C=O) groups excluding carboxylic acids is 1. The number of carbonyl (C=O) groups is 2. The van der Waals surface area contributed by atoms with Gasteiger partial charge in [0.1, 0.15) is 11.4 Å². The summed E-state index contributed by atoms with van der Waals surface area (Å²) in [6.07, 6.45) is 2.06. The number of amides is 1. The lowest BCUT2D eigenvalue weighted by Crippen LogP contribution is -2.46. The molecule has 1 N–H and O–H groups in total. The van der Waals surface area contributed by atoms with Gasteiger partial charge in [0, 0.05) is 44.3 Å². The Kier molecular flexibility index (Phi) is 4.43. The van der Waals surface area contributed by atoms with E-state index in [-0.39, 0.29) is 10.9 Å². The molecular formula is C17H18FN3O4. The highest BCUT2D eigenvalue weighted by atomic mass is 19.1. The number of fused-ring (bicyclic) bond motifs is 1. The Morgan fingerprint density at radius 1 is 1.28 bits per heavy atom. The van der Waals surface area contributed by atoms with Gasteiger partial charge in [0.15, 0.2) is 0 Å². The third kappa shape index (κ3) is 2.95. The highest BCUT2D eigenvalue weighted by molar-refractivity contribution is 5.93. The zero-order valence-corrected chi connectivity index (χ0v) is 13.7. The molecule has 3 rings (SSSR count). The summed E-state index contributed by atoms with van der Waals surface area (Å²) in [5.41, 5.74) is -0.223. The van der Waals surface area contributed by atoms with Crippen molar-refractivity contribution in [1.82, 2.24) is 9.47 Å². The van der Waals surface area contributed by atoms with Gasteiger partial charge in [0.2, 0.25) is 11.8 Å². The number of rotatable bonds is 4. The highest BCUT2D eigenvalue weighted by Gasteiger charge is 2.21. The summed E-state index contributed by atoms with van der Waals surface area (Å²) < 4.78 is 16.2. The quantitative estimate of drug-likeness (QED) is 0.839. The van der Waals surface area contributed by atoms with Crippen LogP contribution in [0.15, 0.2) is 23.1 Å². The number of pyridine rings is 1. The first-order chi connectivity index (χ1) is 12.0. The molecule has 25 heavy (non-hydrogen) atoms. The van der Waals surface area contributed by atoms with Crippen LogP contribution in [-0.4, -0.2) is 53.1 Å². The zero-order chi connectivity index (χ0) is 18.1. The Morgan fingerprint density at radius 3 is 2.52 bits per heavy atom. The van der Waals surface area contributed by atoms with Crippen LogP contribution < -0.4 is 10.3 Å². The second-order valence-corrected chi connectivity index (χ2v) is 5.91. The van der Waals surface area contributed by atoms with E-state index in [1.807, 2.05) is 11.8 Å². The third-order valence-electron chi connectivity index (χ3n) is 4.52. The summed E-state index contributed by atoms with van der Waals surface area (Å²) >= 11 is 0. The van der Waals surface area contributed by atoms with Crippen LogP contribution in [0.25, 0.3) is 10.9 Å². The largest absolute Gasteiger partial charge is 0.477 e. The van der Waals surface area contributed by atoms with Gasteiger partial charge in [-0.25, -0.2) is 9.18 Å². The van der Waals surface area contributed by atoms with E-state index >= 15 is 0 Å². The van der Waals surface area contributed by atoms with Crippen LogP contribution >= 0.6 is 0 Å². The minimum atomic E-state index is -1.33. The van der Waals surface area contributed by atoms with Crippen LogP contribution in [-0.2, 0) is 11.3 Å². The molecule has 132 valence electrons. The van der Waals surface area contributed by atoms with Crippen molar-refractivity contribution in [3.05, 3.63) is 39.9 Å². The van der Waals surface area contributed by atoms with Gasteiger partial charge in [0.25, 0.3) is 0 Å². The summed E-state index contributed by atoms with van der Waals surface area (Å²) in [5, 5.41) is 9.22. The lowest BCUT2D eigenvalue weighted by Gasteiger charge is -2.34. The SMILES string of the molecule is CCn1cc(C(=O)O)c(=O)c2cc(F)c(N3CCN(C=O)CC3)cc21. The third-order valence-corrected chi connectivity index (χ3v) is 4.52. The van der Waals surface area contributed by atoms with Crippen molar-refractivity contribution >= 4 is 29.0 Å². The molecule has 1 aromatic heterocycles. The maximum Gasteiger partial charge on any atom is 0.341 e. The molecular weight excluding hydrogens is 329 g/mol. The predicted octanol–water partition coefficient (Wildman–Crippen LogP) is 1.14. The number of nitrogens with zero attached hydrogens (tertiary/aromatic N) is 3. The molecule has 2 heterocycles. The van der Waals surface area contributed by atoms with Gasteiger partial charge < -0.3 is 19.5 Å². The topological polar surface area (TPSA) is 82.8 Å². The molecule has 2 aromatic rings. The second-order valence-electron chi connectivity index (χ2n) is 5.91. The number of aromatic carboxylic acids is 1. The van der Waals surface area contributed by atoms with E-state index < -0.39 is 17.2 Å². The average molecular weight is 347 g/mol. The summed E-state index contributed by atoms with van der Waals surface area (Å²) in [6.45, 7) is 4.25. The Labute approximate surface area is 142 Å². The average Bonchev–Trinajstić information content (AvgIpc) is 2.62. The summed E-state index contributed by atoms with van der Waals surface area (Å²) in [6, 6.07) is 2.69. The molecule has 8 heteroatoms. The molecule has 0 radical (unpaired) electrons. The van der Waals surface area contributed by atoms with Crippen LogP contribution in [0.2, 0.25) is 0 Å². The molecule has 0 unspecified atom stereocenters. The first kappa shape index (κ1) is 16.9. The fraction of sp³-hybridized carbons (Fsp3) is 0.353. The number of carboxylic acid groups (broad SMARTS) is 1. The Bertz CT molecular complexity index is 901. The number of aryl methyl sites for hydroxylation is 1. The van der Waals surface area contributed by atoms with Gasteiger partial charge in [-0.05, 0) is 19.1 Å². The smallest absolute Gasteiger partial charge is 0.341 e. The second kappa shape index (κ2) is 6.54. The maximum atomic E-state index is 14.6. The van der Waals surface area contributed by atoms with Crippen molar-refractivity contribution in [3.63, 3.8) is 0 Å². The van der Waals surface area contributed by atoms with Crippen molar-refractivity contribution in [2.75, 3.05) is 31.1 Å². The molecule has 1 amide bonds. The molecule has 1 aromatic carbocycles. The molecule has 1 aliphatic rings. The Hall–Kier alpha value is -2.90. The molecule has 1 aliphatic heterocycles. The number of piperazine rings is 1. The van der Waals surface area contributed by atoms with Crippen LogP contribution in [0.4, 0.5) is 10.1 Å². The number of carboxylic acids is 1.